The molecule has 2 rings (SSSR count). The number of nitrogens with zero attached hydrogens (tertiary/aromatic N) is 1. The molecule has 0 bridgehead atoms. The van der Waals surface area contributed by atoms with Gasteiger partial charge in [0.15, 0.2) is 0 Å². The summed E-state index contributed by atoms with van der Waals surface area (Å²) < 4.78 is 2.55. The molecular formula is C14H23N. The van der Waals surface area contributed by atoms with Crippen LogP contribution in [0.3, 0.4) is 0 Å². The lowest BCUT2D eigenvalue weighted by Crippen LogP contribution is -2.23. The molecule has 1 heterocycles. The maximum Gasteiger partial charge on any atom is 0.0340 e. The monoisotopic (exact) mass is 205 g/mol. The molecule has 0 aliphatic heterocycles. The lowest BCUT2D eigenvalue weighted by atomic mass is 9.80. The van der Waals surface area contributed by atoms with E-state index in [9.17, 15) is 0 Å². The van der Waals surface area contributed by atoms with E-state index < -0.39 is 0 Å². The lowest BCUT2D eigenvalue weighted by Gasteiger charge is -2.34. The third-order valence-electron chi connectivity index (χ3n) is 3.84. The van der Waals surface area contributed by atoms with Crippen molar-refractivity contribution in [3.05, 3.63) is 23.5 Å². The molecule has 0 N–H and O–H groups in total. The van der Waals surface area contributed by atoms with Crippen molar-refractivity contribution in [3.63, 3.8) is 0 Å². The average Bonchev–Trinajstić information content (AvgIpc) is 2.44. The highest BCUT2D eigenvalue weighted by Gasteiger charge is 2.26. The second kappa shape index (κ2) is 4.03. The maximum absolute atomic E-state index is 2.55. The van der Waals surface area contributed by atoms with Gasteiger partial charge in [-0.1, -0.05) is 13.8 Å². The van der Waals surface area contributed by atoms with E-state index in [1.54, 1.807) is 0 Å². The first-order chi connectivity index (χ1) is 7.08. The second-order valence-corrected chi connectivity index (χ2v) is 5.56. The summed E-state index contributed by atoms with van der Waals surface area (Å²) in [5.41, 5.74) is 2.86. The number of rotatable bonds is 1. The van der Waals surface area contributed by atoms with Gasteiger partial charge in [0.1, 0.15) is 0 Å². The Bertz CT molecular complexity index is 308. The van der Waals surface area contributed by atoms with Gasteiger partial charge in [-0.15, -0.1) is 0 Å². The van der Waals surface area contributed by atoms with Gasteiger partial charge in [-0.3, -0.25) is 0 Å². The van der Waals surface area contributed by atoms with E-state index in [0.717, 1.165) is 17.9 Å². The summed E-state index contributed by atoms with van der Waals surface area (Å²) >= 11 is 0. The van der Waals surface area contributed by atoms with Crippen LogP contribution in [0, 0.1) is 25.7 Å². The minimum atomic E-state index is 0.749. The molecular weight excluding hydrogens is 182 g/mol. The molecule has 0 aromatic carbocycles. The third kappa shape index (κ3) is 2.11. The minimum Gasteiger partial charge on any atom is -0.346 e. The standard InChI is InChI=1S/C14H23N/c1-10-7-11(2)9-14(8-10)15-12(3)5-6-13(15)4/h5-6,10-11,14H,7-9H2,1-4H3. The minimum absolute atomic E-state index is 0.749. The Morgan fingerprint density at radius 3 is 1.87 bits per heavy atom. The van der Waals surface area contributed by atoms with E-state index in [-0.39, 0.29) is 0 Å². The highest BCUT2D eigenvalue weighted by Crippen LogP contribution is 2.37. The Kier molecular flexibility index (Phi) is 2.90. The summed E-state index contributed by atoms with van der Waals surface area (Å²) in [6.45, 7) is 9.27. The first kappa shape index (κ1) is 10.8. The first-order valence-corrected chi connectivity index (χ1v) is 6.22. The largest absolute Gasteiger partial charge is 0.346 e. The average molecular weight is 205 g/mol. The number of aromatic nitrogens is 1. The topological polar surface area (TPSA) is 4.93 Å². The van der Waals surface area contributed by atoms with E-state index in [1.807, 2.05) is 0 Å². The second-order valence-electron chi connectivity index (χ2n) is 5.56. The Balaban J connectivity index is 2.23. The fraction of sp³-hybridized carbons (Fsp3) is 0.714. The van der Waals surface area contributed by atoms with Crippen LogP contribution in [0.2, 0.25) is 0 Å². The van der Waals surface area contributed by atoms with E-state index in [4.69, 9.17) is 0 Å². The van der Waals surface area contributed by atoms with Crippen LogP contribution in [0.15, 0.2) is 12.1 Å². The van der Waals surface area contributed by atoms with Gasteiger partial charge in [-0.05, 0) is 57.1 Å². The van der Waals surface area contributed by atoms with Crippen LogP contribution in [0.1, 0.15) is 50.5 Å². The summed E-state index contributed by atoms with van der Waals surface area (Å²) in [4.78, 5) is 0. The Hall–Kier alpha value is -0.720. The molecule has 0 amide bonds. The van der Waals surface area contributed by atoms with Crippen LogP contribution in [-0.4, -0.2) is 4.57 Å². The van der Waals surface area contributed by atoms with Gasteiger partial charge in [-0.2, -0.15) is 0 Å². The van der Waals surface area contributed by atoms with Crippen molar-refractivity contribution in [3.8, 4) is 0 Å². The summed E-state index contributed by atoms with van der Waals surface area (Å²) in [6, 6.07) is 5.25. The maximum atomic E-state index is 2.55. The molecule has 2 unspecified atom stereocenters. The van der Waals surface area contributed by atoms with Crippen LogP contribution in [-0.2, 0) is 0 Å². The number of hydrogen-bond acceptors (Lipinski definition) is 0. The Morgan fingerprint density at radius 1 is 0.933 bits per heavy atom. The molecule has 1 fully saturated rings. The molecule has 84 valence electrons. The van der Waals surface area contributed by atoms with Crippen LogP contribution < -0.4 is 0 Å². The zero-order chi connectivity index (χ0) is 11.0. The normalized spacial score (nSPS) is 31.9. The molecule has 1 nitrogen and oxygen atoms in total. The van der Waals surface area contributed by atoms with E-state index in [0.29, 0.717) is 0 Å². The van der Waals surface area contributed by atoms with E-state index >= 15 is 0 Å². The molecule has 2 atom stereocenters. The summed E-state index contributed by atoms with van der Waals surface area (Å²) in [6.07, 6.45) is 4.14. The molecule has 1 aliphatic carbocycles. The molecule has 15 heavy (non-hydrogen) atoms. The molecule has 1 aromatic rings. The molecule has 1 heteroatoms. The van der Waals surface area contributed by atoms with Crippen molar-refractivity contribution in [2.75, 3.05) is 0 Å². The molecule has 0 spiro atoms. The van der Waals surface area contributed by atoms with Crippen molar-refractivity contribution in [1.82, 2.24) is 4.57 Å². The van der Waals surface area contributed by atoms with Gasteiger partial charge < -0.3 is 4.57 Å². The zero-order valence-electron chi connectivity index (χ0n) is 10.5. The van der Waals surface area contributed by atoms with Gasteiger partial charge in [-0.25, -0.2) is 0 Å². The fourth-order valence-corrected chi connectivity index (χ4v) is 3.37. The molecule has 1 saturated carbocycles. The predicted octanol–water partition coefficient (Wildman–Crippen LogP) is 4.10. The summed E-state index contributed by atoms with van der Waals surface area (Å²) in [7, 11) is 0. The van der Waals surface area contributed by atoms with Crippen molar-refractivity contribution >= 4 is 0 Å². The molecule has 0 radical (unpaired) electrons. The third-order valence-corrected chi connectivity index (χ3v) is 3.84. The van der Waals surface area contributed by atoms with Gasteiger partial charge >= 0.3 is 0 Å². The highest BCUT2D eigenvalue weighted by molar-refractivity contribution is 5.15. The molecule has 1 aromatic heterocycles. The van der Waals surface area contributed by atoms with Crippen LogP contribution in [0.4, 0.5) is 0 Å². The Morgan fingerprint density at radius 2 is 1.40 bits per heavy atom. The SMILES string of the molecule is Cc1ccc(C)n1C1CC(C)CC(C)C1. The van der Waals surface area contributed by atoms with Gasteiger partial charge in [0, 0.05) is 17.4 Å². The van der Waals surface area contributed by atoms with E-state index in [2.05, 4.69) is 44.4 Å². The van der Waals surface area contributed by atoms with Crippen LogP contribution in [0.25, 0.3) is 0 Å². The van der Waals surface area contributed by atoms with Gasteiger partial charge in [0.05, 0.1) is 0 Å². The molecule has 1 aliphatic rings. The Labute approximate surface area is 93.5 Å². The molecule has 0 saturated heterocycles. The van der Waals surface area contributed by atoms with Gasteiger partial charge in [0.25, 0.3) is 0 Å². The summed E-state index contributed by atoms with van der Waals surface area (Å²) in [5.74, 6) is 1.78. The lowest BCUT2D eigenvalue weighted by molar-refractivity contribution is 0.218. The van der Waals surface area contributed by atoms with Crippen molar-refractivity contribution < 1.29 is 0 Å². The smallest absolute Gasteiger partial charge is 0.0340 e. The van der Waals surface area contributed by atoms with Crippen LogP contribution >= 0.6 is 0 Å². The van der Waals surface area contributed by atoms with Crippen LogP contribution in [0.5, 0.6) is 0 Å². The highest BCUT2D eigenvalue weighted by atomic mass is 15.0. The number of aryl methyl sites for hydroxylation is 2. The fourth-order valence-electron chi connectivity index (χ4n) is 3.37. The first-order valence-electron chi connectivity index (χ1n) is 6.22. The predicted molar refractivity (Wildman–Crippen MR) is 65.1 cm³/mol. The van der Waals surface area contributed by atoms with E-state index in [1.165, 1.54) is 30.7 Å². The van der Waals surface area contributed by atoms with Crippen molar-refractivity contribution in [2.24, 2.45) is 11.8 Å². The summed E-state index contributed by atoms with van der Waals surface area (Å²) in [5, 5.41) is 0. The van der Waals surface area contributed by atoms with Crippen molar-refractivity contribution in [2.45, 2.75) is 53.0 Å². The zero-order valence-corrected chi connectivity index (χ0v) is 10.5. The van der Waals surface area contributed by atoms with Gasteiger partial charge in [0.2, 0.25) is 0 Å². The van der Waals surface area contributed by atoms with Crippen molar-refractivity contribution in [1.29, 1.82) is 0 Å². The number of hydrogen-bond donors (Lipinski definition) is 0. The quantitative estimate of drug-likeness (QED) is 0.650.